The van der Waals surface area contributed by atoms with E-state index in [1.807, 2.05) is 30.4 Å². The van der Waals surface area contributed by atoms with E-state index in [0.29, 0.717) is 44.0 Å². The number of hydrogen-bond acceptors (Lipinski definition) is 5. The highest BCUT2D eigenvalue weighted by Crippen LogP contribution is 2.40. The number of pyridine rings is 1. The van der Waals surface area contributed by atoms with Crippen LogP contribution in [0.25, 0.3) is 11.6 Å². The summed E-state index contributed by atoms with van der Waals surface area (Å²) < 4.78 is 3.11. The number of aromatic nitrogens is 3. The van der Waals surface area contributed by atoms with Crippen LogP contribution in [-0.4, -0.2) is 56.5 Å². The molecule has 8 nitrogen and oxygen atoms in total. The highest BCUT2D eigenvalue weighted by atomic mass is 79.9. The summed E-state index contributed by atoms with van der Waals surface area (Å²) >= 11 is 3.63. The van der Waals surface area contributed by atoms with Gasteiger partial charge in [0.1, 0.15) is 5.82 Å². The molecule has 1 unspecified atom stereocenters. The van der Waals surface area contributed by atoms with Crippen LogP contribution in [0.15, 0.2) is 77.7 Å². The van der Waals surface area contributed by atoms with Crippen molar-refractivity contribution in [2.75, 3.05) is 31.5 Å². The Morgan fingerprint density at radius 1 is 1.10 bits per heavy atom. The summed E-state index contributed by atoms with van der Waals surface area (Å²) in [6.07, 6.45) is 7.98. The number of amides is 2. The van der Waals surface area contributed by atoms with Crippen LogP contribution in [0.5, 0.6) is 0 Å². The van der Waals surface area contributed by atoms with E-state index >= 15 is 0 Å². The van der Waals surface area contributed by atoms with Crippen LogP contribution in [0.4, 0.5) is 10.5 Å². The van der Waals surface area contributed by atoms with Crippen molar-refractivity contribution in [1.82, 2.24) is 24.3 Å². The van der Waals surface area contributed by atoms with Crippen LogP contribution in [0.3, 0.4) is 0 Å². The number of allylic oxidation sites excluding steroid dienone is 1. The molecule has 0 bridgehead atoms. The fourth-order valence-electron chi connectivity index (χ4n) is 5.52. The number of hydrogen-bond donors (Lipinski definition) is 1. The van der Waals surface area contributed by atoms with Gasteiger partial charge in [-0.1, -0.05) is 24.3 Å². The second-order valence-electron chi connectivity index (χ2n) is 10.0. The molecule has 200 valence electrons. The molecule has 1 aliphatic carbocycles. The average Bonchev–Trinajstić information content (AvgIpc) is 3.32. The predicted molar refractivity (Wildman–Crippen MR) is 158 cm³/mol. The zero-order chi connectivity index (χ0) is 27.6. The number of anilines is 1. The van der Waals surface area contributed by atoms with E-state index < -0.39 is 0 Å². The van der Waals surface area contributed by atoms with Crippen molar-refractivity contribution >= 4 is 39.3 Å². The molecule has 2 aliphatic rings. The Morgan fingerprint density at radius 3 is 2.60 bits per heavy atom. The number of carbonyl (C=O) groups excluding carboxylic acids is 1. The maximum atomic E-state index is 13.0. The van der Waals surface area contributed by atoms with Gasteiger partial charge in [-0.25, -0.2) is 9.78 Å². The van der Waals surface area contributed by atoms with Gasteiger partial charge in [0.2, 0.25) is 0 Å². The van der Waals surface area contributed by atoms with Crippen LogP contribution in [-0.2, 0) is 6.54 Å². The highest BCUT2D eigenvalue weighted by Gasteiger charge is 2.33. The lowest BCUT2D eigenvalue weighted by Crippen LogP contribution is -2.51. The van der Waals surface area contributed by atoms with Crippen LogP contribution in [0.2, 0.25) is 0 Å². The molecule has 3 heterocycles. The van der Waals surface area contributed by atoms with Crippen LogP contribution in [0.1, 0.15) is 39.8 Å². The normalized spacial score (nSPS) is 16.8. The monoisotopic (exact) mass is 593 g/mol. The third-order valence-corrected chi connectivity index (χ3v) is 8.04. The lowest BCUT2D eigenvalue weighted by Gasteiger charge is -2.39. The molecule has 1 fully saturated rings. The first-order chi connectivity index (χ1) is 19.5. The first-order valence-corrected chi connectivity index (χ1v) is 14.0. The molecule has 40 heavy (non-hydrogen) atoms. The Kier molecular flexibility index (Phi) is 7.20. The summed E-state index contributed by atoms with van der Waals surface area (Å²) in [7, 11) is 0. The van der Waals surface area contributed by atoms with E-state index in [1.54, 1.807) is 24.3 Å². The Hall–Kier alpha value is -4.26. The van der Waals surface area contributed by atoms with Gasteiger partial charge in [0.15, 0.2) is 0 Å². The number of halogens is 1. The van der Waals surface area contributed by atoms with Gasteiger partial charge < -0.3 is 14.8 Å². The van der Waals surface area contributed by atoms with Gasteiger partial charge in [0, 0.05) is 61.5 Å². The minimum absolute atomic E-state index is 0.0410. The molecule has 0 radical (unpaired) electrons. The van der Waals surface area contributed by atoms with E-state index in [2.05, 4.69) is 78.2 Å². The number of carbonyl (C=O) groups is 1. The smallest absolute Gasteiger partial charge is 0.321 e. The first-order valence-electron chi connectivity index (χ1n) is 13.2. The molecule has 2 aromatic heterocycles. The molecule has 0 spiro atoms. The maximum absolute atomic E-state index is 13.0. The number of urea groups is 1. The van der Waals surface area contributed by atoms with E-state index in [4.69, 9.17) is 10.2 Å². The number of nitriles is 1. The third-order valence-electron chi connectivity index (χ3n) is 7.60. The molecule has 1 aliphatic heterocycles. The number of rotatable bonds is 4. The number of fused-ring (bicyclic) bond motifs is 2. The quantitative estimate of drug-likeness (QED) is 0.327. The largest absolute Gasteiger partial charge is 0.331 e. The van der Waals surface area contributed by atoms with Gasteiger partial charge in [0.05, 0.1) is 23.4 Å². The molecule has 2 amide bonds. The van der Waals surface area contributed by atoms with Crippen molar-refractivity contribution in [3.05, 3.63) is 111 Å². The van der Waals surface area contributed by atoms with Gasteiger partial charge in [-0.15, -0.1) is 0 Å². The minimum Gasteiger partial charge on any atom is -0.331 e. The third kappa shape index (κ3) is 5.16. The Labute approximate surface area is 241 Å². The zero-order valence-electron chi connectivity index (χ0n) is 22.1. The summed E-state index contributed by atoms with van der Waals surface area (Å²) in [6.45, 7) is 5.36. The summed E-state index contributed by atoms with van der Waals surface area (Å²) in [6, 6.07) is 19.6. The molecule has 2 aromatic carbocycles. The molecule has 1 N–H and O–H groups in total. The second-order valence-corrected chi connectivity index (χ2v) is 10.9. The van der Waals surface area contributed by atoms with Crippen molar-refractivity contribution in [2.24, 2.45) is 0 Å². The lowest BCUT2D eigenvalue weighted by molar-refractivity contribution is 0.125. The molecule has 4 aromatic rings. The number of nitrogens with zero attached hydrogens (tertiary/aromatic N) is 6. The SMILES string of the molecule is Cc1nccn1CC1=Cc2cc(Br)cnc2C(N2CCN(C(=O)Nc3ccc(C#N)cc3)CC2)c2ccccc21. The molecule has 1 saturated heterocycles. The Morgan fingerprint density at radius 2 is 1.88 bits per heavy atom. The van der Waals surface area contributed by atoms with E-state index in [1.165, 1.54) is 16.7 Å². The van der Waals surface area contributed by atoms with Crippen LogP contribution in [0, 0.1) is 18.3 Å². The number of piperazine rings is 1. The topological polar surface area (TPSA) is 90.1 Å². The fraction of sp³-hybridized carbons (Fsp3) is 0.226. The standard InChI is InChI=1S/C31H28BrN7O/c1-21-34-10-11-39(21)20-24-16-23-17-25(32)19-35-29(23)30(28-5-3-2-4-27(24)28)37-12-14-38(15-13-37)31(40)36-26-8-6-22(18-33)7-9-26/h2-11,16-17,19,30H,12-15,20H2,1H3,(H,36,40). The number of imidazole rings is 1. The maximum Gasteiger partial charge on any atom is 0.321 e. The first kappa shape index (κ1) is 26.0. The van der Waals surface area contributed by atoms with Gasteiger partial charge >= 0.3 is 6.03 Å². The summed E-state index contributed by atoms with van der Waals surface area (Å²) in [5.41, 5.74) is 6.98. The van der Waals surface area contributed by atoms with Crippen LogP contribution >= 0.6 is 15.9 Å². The Bertz CT molecular complexity index is 1630. The summed E-state index contributed by atoms with van der Waals surface area (Å²) in [5.74, 6) is 0.974. The second kappa shape index (κ2) is 11.1. The van der Waals surface area contributed by atoms with Crippen molar-refractivity contribution in [3.63, 3.8) is 0 Å². The zero-order valence-corrected chi connectivity index (χ0v) is 23.7. The number of aryl methyl sites for hydroxylation is 1. The predicted octanol–water partition coefficient (Wildman–Crippen LogP) is 5.71. The van der Waals surface area contributed by atoms with Crippen LogP contribution < -0.4 is 5.32 Å². The fourth-order valence-corrected chi connectivity index (χ4v) is 5.87. The van der Waals surface area contributed by atoms with E-state index in [-0.39, 0.29) is 12.1 Å². The minimum atomic E-state index is -0.132. The van der Waals surface area contributed by atoms with Crippen molar-refractivity contribution < 1.29 is 4.79 Å². The van der Waals surface area contributed by atoms with Gasteiger partial charge in [-0.3, -0.25) is 9.88 Å². The Balaban J connectivity index is 1.27. The molecular formula is C31H28BrN7O. The van der Waals surface area contributed by atoms with Crippen molar-refractivity contribution in [3.8, 4) is 6.07 Å². The summed E-state index contributed by atoms with van der Waals surface area (Å²) in [4.78, 5) is 26.7. The van der Waals surface area contributed by atoms with Gasteiger partial charge in [-0.2, -0.15) is 5.26 Å². The van der Waals surface area contributed by atoms with Gasteiger partial charge in [-0.05, 0) is 81.5 Å². The molecule has 6 rings (SSSR count). The molecule has 0 saturated carbocycles. The summed E-state index contributed by atoms with van der Waals surface area (Å²) in [5, 5.41) is 12.0. The number of nitrogens with one attached hydrogen (secondary N) is 1. The lowest BCUT2D eigenvalue weighted by atomic mass is 9.93. The molecular weight excluding hydrogens is 566 g/mol. The molecule has 9 heteroatoms. The average molecular weight is 595 g/mol. The van der Waals surface area contributed by atoms with Crippen molar-refractivity contribution in [1.29, 1.82) is 5.26 Å². The van der Waals surface area contributed by atoms with E-state index in [0.717, 1.165) is 21.6 Å². The molecule has 1 atom stereocenters. The van der Waals surface area contributed by atoms with E-state index in [9.17, 15) is 4.79 Å². The van der Waals surface area contributed by atoms with Crippen molar-refractivity contribution in [2.45, 2.75) is 19.5 Å². The number of benzene rings is 2. The van der Waals surface area contributed by atoms with Gasteiger partial charge in [0.25, 0.3) is 0 Å². The highest BCUT2D eigenvalue weighted by molar-refractivity contribution is 9.10.